The van der Waals surface area contributed by atoms with Gasteiger partial charge in [-0.2, -0.15) is 0 Å². The molecule has 3 aliphatic rings. The molecule has 2 fully saturated rings. The molecule has 2 bridgehead atoms. The number of hydrogen-bond acceptors (Lipinski definition) is 4. The zero-order valence-corrected chi connectivity index (χ0v) is 18.4. The number of nitrogens with zero attached hydrogens (tertiary/aromatic N) is 2. The molecule has 4 atom stereocenters. The highest BCUT2D eigenvalue weighted by molar-refractivity contribution is 6.67. The number of non-ortho nitro benzene ring substituents is 1. The van der Waals surface area contributed by atoms with Crippen molar-refractivity contribution in [3.05, 3.63) is 43.4 Å². The second kappa shape index (κ2) is 6.03. The lowest BCUT2D eigenvalue weighted by molar-refractivity contribution is -0.384. The minimum absolute atomic E-state index is 0.0694. The standard InChI is InChI=1S/C15H5Cl7N2O4/c16-5-2-1-4(24(27)28)3-6(5)23-11(25)7-8(12(23)26)14(20)10(18)9(17)13(7,19)15(14,21)22/h1-3,7-8H/t7-,8-,13-,14-/m0/s1. The first kappa shape index (κ1) is 20.8. The van der Waals surface area contributed by atoms with Crippen molar-refractivity contribution < 1.29 is 14.5 Å². The molecule has 1 aromatic carbocycles. The summed E-state index contributed by atoms with van der Waals surface area (Å²) >= 11 is 44.5. The van der Waals surface area contributed by atoms with Gasteiger partial charge in [0.1, 0.15) is 9.75 Å². The Morgan fingerprint density at radius 2 is 1.39 bits per heavy atom. The Hall–Kier alpha value is -0.470. The number of fused-ring (bicyclic) bond motifs is 5. The Kier molecular flexibility index (Phi) is 4.48. The lowest BCUT2D eigenvalue weighted by atomic mass is 9.84. The van der Waals surface area contributed by atoms with E-state index in [0.29, 0.717) is 4.90 Å². The highest BCUT2D eigenvalue weighted by Crippen LogP contribution is 2.77. The molecule has 1 saturated heterocycles. The van der Waals surface area contributed by atoms with Gasteiger partial charge in [0.2, 0.25) is 11.8 Å². The summed E-state index contributed by atoms with van der Waals surface area (Å²) in [5.41, 5.74) is -0.568. The predicted molar refractivity (Wildman–Crippen MR) is 108 cm³/mol. The van der Waals surface area contributed by atoms with Crippen molar-refractivity contribution in [3.8, 4) is 0 Å². The number of nitro groups is 1. The fourth-order valence-electron chi connectivity index (χ4n) is 4.02. The van der Waals surface area contributed by atoms with Gasteiger partial charge in [-0.3, -0.25) is 19.7 Å². The van der Waals surface area contributed by atoms with Crippen LogP contribution in [0.2, 0.25) is 5.02 Å². The normalized spacial score (nSPS) is 35.8. The number of hydrogen-bond donors (Lipinski definition) is 0. The van der Waals surface area contributed by atoms with E-state index in [4.69, 9.17) is 81.2 Å². The summed E-state index contributed by atoms with van der Waals surface area (Å²) in [6.45, 7) is 0. The molecule has 2 aliphatic carbocycles. The SMILES string of the molecule is O=C1[C@@H]2[C@@H](C(=O)N1c1cc([N+](=O)[O-])ccc1Cl)[C@]1(Cl)C(Cl)=C(Cl)[C@]2(Cl)C1(Cl)Cl. The van der Waals surface area contributed by atoms with Crippen LogP contribution in [0.5, 0.6) is 0 Å². The van der Waals surface area contributed by atoms with E-state index in [1.54, 1.807) is 0 Å². The Bertz CT molecular complexity index is 982. The summed E-state index contributed by atoms with van der Waals surface area (Å²) in [6.07, 6.45) is 0. The van der Waals surface area contributed by atoms with E-state index in [1.807, 2.05) is 0 Å². The van der Waals surface area contributed by atoms with E-state index >= 15 is 0 Å². The molecule has 2 amide bonds. The van der Waals surface area contributed by atoms with Gasteiger partial charge in [-0.25, -0.2) is 4.90 Å². The quantitative estimate of drug-likeness (QED) is 0.230. The second-order valence-corrected chi connectivity index (χ2v) is 10.2. The predicted octanol–water partition coefficient (Wildman–Crippen LogP) is 5.20. The van der Waals surface area contributed by atoms with Gasteiger partial charge in [-0.15, -0.1) is 23.2 Å². The second-order valence-electron chi connectivity index (χ2n) is 6.49. The lowest BCUT2D eigenvalue weighted by Gasteiger charge is -2.34. The van der Waals surface area contributed by atoms with Gasteiger partial charge in [-0.05, 0) is 6.07 Å². The topological polar surface area (TPSA) is 80.5 Å². The summed E-state index contributed by atoms with van der Waals surface area (Å²) < 4.78 is -2.06. The van der Waals surface area contributed by atoms with E-state index in [0.717, 1.165) is 12.1 Å². The van der Waals surface area contributed by atoms with Gasteiger partial charge >= 0.3 is 0 Å². The molecule has 0 N–H and O–H groups in total. The van der Waals surface area contributed by atoms with Gasteiger partial charge < -0.3 is 0 Å². The maximum Gasteiger partial charge on any atom is 0.271 e. The molecule has 13 heteroatoms. The van der Waals surface area contributed by atoms with Crippen LogP contribution in [0.1, 0.15) is 0 Å². The van der Waals surface area contributed by atoms with Crippen LogP contribution in [0.15, 0.2) is 28.3 Å². The third-order valence-electron chi connectivity index (χ3n) is 5.29. The summed E-state index contributed by atoms with van der Waals surface area (Å²) in [5.74, 6) is -4.38. The fraction of sp³-hybridized carbons (Fsp3) is 0.333. The van der Waals surface area contributed by atoms with Crippen molar-refractivity contribution in [1.82, 2.24) is 0 Å². The Balaban J connectivity index is 1.91. The van der Waals surface area contributed by atoms with Crippen molar-refractivity contribution >= 4 is 104 Å². The molecule has 0 unspecified atom stereocenters. The molecule has 1 heterocycles. The number of halogens is 7. The van der Waals surface area contributed by atoms with Gasteiger partial charge in [0.25, 0.3) is 5.69 Å². The number of carbonyl (C=O) groups is 2. The molecule has 0 radical (unpaired) electrons. The lowest BCUT2D eigenvalue weighted by Crippen LogP contribution is -2.50. The van der Waals surface area contributed by atoms with E-state index < -0.39 is 42.7 Å². The minimum atomic E-state index is -2.06. The Labute approximate surface area is 192 Å². The third kappa shape index (κ3) is 2.05. The highest BCUT2D eigenvalue weighted by Gasteiger charge is 2.87. The number of allylic oxidation sites excluding steroid dienone is 2. The number of rotatable bonds is 2. The monoisotopic (exact) mass is 522 g/mol. The first-order valence-electron chi connectivity index (χ1n) is 7.47. The maximum atomic E-state index is 13.2. The van der Waals surface area contributed by atoms with Gasteiger partial charge in [-0.1, -0.05) is 58.0 Å². The van der Waals surface area contributed by atoms with Crippen LogP contribution >= 0.6 is 81.2 Å². The largest absolute Gasteiger partial charge is 0.274 e. The number of benzene rings is 1. The zero-order valence-electron chi connectivity index (χ0n) is 13.1. The molecule has 0 spiro atoms. The summed E-state index contributed by atoms with van der Waals surface area (Å²) in [4.78, 5) is 33.5. The van der Waals surface area contributed by atoms with Crippen molar-refractivity contribution in [2.45, 2.75) is 14.1 Å². The third-order valence-corrected chi connectivity index (χ3v) is 9.87. The maximum absolute atomic E-state index is 13.2. The summed E-state index contributed by atoms with van der Waals surface area (Å²) in [6, 6.07) is 3.32. The number of anilines is 1. The van der Waals surface area contributed by atoms with Crippen LogP contribution in [-0.4, -0.2) is 30.8 Å². The zero-order chi connectivity index (χ0) is 21.0. The van der Waals surface area contributed by atoms with Crippen molar-refractivity contribution in [3.63, 3.8) is 0 Å². The molecule has 1 aliphatic heterocycles. The number of nitro benzene ring substituents is 1. The molecule has 6 nitrogen and oxygen atoms in total. The molecular formula is C15H5Cl7N2O4. The summed E-state index contributed by atoms with van der Waals surface area (Å²) in [7, 11) is 0. The van der Waals surface area contributed by atoms with E-state index in [-0.39, 0.29) is 26.5 Å². The highest BCUT2D eigenvalue weighted by atomic mass is 35.5. The van der Waals surface area contributed by atoms with E-state index in [1.165, 1.54) is 6.07 Å². The van der Waals surface area contributed by atoms with Crippen LogP contribution in [0.25, 0.3) is 0 Å². The van der Waals surface area contributed by atoms with Crippen LogP contribution in [0, 0.1) is 22.0 Å². The van der Waals surface area contributed by atoms with Crippen molar-refractivity contribution in [1.29, 1.82) is 0 Å². The molecule has 0 aromatic heterocycles. The molecule has 1 saturated carbocycles. The van der Waals surface area contributed by atoms with Gasteiger partial charge in [0.15, 0.2) is 4.33 Å². The average molecular weight is 525 g/mol. The van der Waals surface area contributed by atoms with Crippen molar-refractivity contribution in [2.24, 2.45) is 11.8 Å². The van der Waals surface area contributed by atoms with Crippen LogP contribution in [0.4, 0.5) is 11.4 Å². The molecule has 4 rings (SSSR count). The van der Waals surface area contributed by atoms with Crippen LogP contribution in [-0.2, 0) is 9.59 Å². The number of alkyl halides is 4. The smallest absolute Gasteiger partial charge is 0.271 e. The minimum Gasteiger partial charge on any atom is -0.274 e. The van der Waals surface area contributed by atoms with Gasteiger partial charge in [0, 0.05) is 12.1 Å². The number of imide groups is 1. The number of carbonyl (C=O) groups excluding carboxylic acids is 2. The van der Waals surface area contributed by atoms with E-state index in [9.17, 15) is 19.7 Å². The fourth-order valence-corrected chi connectivity index (χ4v) is 7.15. The molecule has 1 aromatic rings. The van der Waals surface area contributed by atoms with Gasteiger partial charge in [0.05, 0.1) is 37.5 Å². The number of amides is 2. The van der Waals surface area contributed by atoms with Crippen LogP contribution in [0.3, 0.4) is 0 Å². The Morgan fingerprint density at radius 1 is 0.929 bits per heavy atom. The van der Waals surface area contributed by atoms with Crippen molar-refractivity contribution in [2.75, 3.05) is 4.90 Å². The first-order chi connectivity index (χ1) is 12.8. The molecule has 148 valence electrons. The average Bonchev–Trinajstić information content (AvgIpc) is 3.00. The summed E-state index contributed by atoms with van der Waals surface area (Å²) in [5, 5.41) is 10.5. The van der Waals surface area contributed by atoms with E-state index in [2.05, 4.69) is 0 Å². The Morgan fingerprint density at radius 3 is 1.82 bits per heavy atom. The first-order valence-corrected chi connectivity index (χ1v) is 10.1. The molecular weight excluding hydrogens is 520 g/mol. The molecule has 28 heavy (non-hydrogen) atoms. The van der Waals surface area contributed by atoms with Crippen LogP contribution < -0.4 is 4.90 Å².